The van der Waals surface area contributed by atoms with Crippen LogP contribution in [0.15, 0.2) is 315 Å². The molecule has 0 saturated carbocycles. The predicted molar refractivity (Wildman–Crippen MR) is 378 cm³/mol. The van der Waals surface area contributed by atoms with Gasteiger partial charge in [-0.15, -0.1) is 11.3 Å². The van der Waals surface area contributed by atoms with Gasteiger partial charge in [0.1, 0.15) is 0 Å². The second kappa shape index (κ2) is 19.5. The Hall–Kier alpha value is -11.5. The lowest BCUT2D eigenvalue weighted by atomic mass is 9.97. The molecule has 19 rings (SSSR count). The first-order chi connectivity index (χ1) is 44.1. The quantitative estimate of drug-likeness (QED) is 0.144. The van der Waals surface area contributed by atoms with E-state index in [0.29, 0.717) is 0 Å². The molecule has 19 aromatic rings. The molecule has 0 aliphatic rings. The molecule has 0 spiro atoms. The van der Waals surface area contributed by atoms with E-state index in [1.54, 1.807) is 0 Å². The van der Waals surface area contributed by atoms with Crippen LogP contribution >= 0.6 is 11.3 Å². The molecule has 0 amide bonds. The molecule has 0 aliphatic carbocycles. The minimum atomic E-state index is 1.11. The van der Waals surface area contributed by atoms with Gasteiger partial charge < -0.3 is 18.3 Å². The van der Waals surface area contributed by atoms with E-state index < -0.39 is 0 Å². The number of rotatable bonds is 8. The van der Waals surface area contributed by atoms with Crippen LogP contribution in [0.3, 0.4) is 0 Å². The summed E-state index contributed by atoms with van der Waals surface area (Å²) in [7, 11) is 0. The Morgan fingerprint density at radius 2 is 0.427 bits per heavy atom. The third-order valence-electron chi connectivity index (χ3n) is 18.7. The molecule has 5 aromatic heterocycles. The molecule has 5 heteroatoms. The van der Waals surface area contributed by atoms with Crippen LogP contribution in [0, 0.1) is 0 Å². The number of aromatic nitrogens is 4. The summed E-state index contributed by atoms with van der Waals surface area (Å²) in [4.78, 5) is 0. The number of fused-ring (bicyclic) bond motifs is 15. The predicted octanol–water partition coefficient (Wildman–Crippen LogP) is 23.1. The zero-order valence-corrected chi connectivity index (χ0v) is 49.0. The van der Waals surface area contributed by atoms with Crippen molar-refractivity contribution >= 4 is 119 Å². The van der Waals surface area contributed by atoms with Crippen molar-refractivity contribution in [2.24, 2.45) is 0 Å². The molecule has 0 aliphatic heterocycles. The second-order valence-corrected chi connectivity index (χ2v) is 24.7. The van der Waals surface area contributed by atoms with Crippen molar-refractivity contribution in [3.05, 3.63) is 315 Å². The summed E-state index contributed by atoms with van der Waals surface area (Å²) in [6.07, 6.45) is 0. The van der Waals surface area contributed by atoms with Gasteiger partial charge in [-0.3, -0.25) is 0 Å². The van der Waals surface area contributed by atoms with Gasteiger partial charge in [0.2, 0.25) is 0 Å². The highest BCUT2D eigenvalue weighted by Gasteiger charge is 2.20. The molecule has 14 aromatic carbocycles. The van der Waals surface area contributed by atoms with Crippen molar-refractivity contribution in [1.82, 2.24) is 18.3 Å². The third-order valence-corrected chi connectivity index (χ3v) is 19.9. The molecule has 0 fully saturated rings. The van der Waals surface area contributed by atoms with Gasteiger partial charge in [-0.25, -0.2) is 0 Å². The highest BCUT2D eigenvalue weighted by atomic mass is 32.1. The molecular weight excluding hydrogens is 1100 g/mol. The number of hydrogen-bond acceptors (Lipinski definition) is 1. The summed E-state index contributed by atoms with van der Waals surface area (Å²) >= 11 is 1.86. The maximum atomic E-state index is 2.44. The van der Waals surface area contributed by atoms with Crippen LogP contribution in [-0.4, -0.2) is 18.3 Å². The van der Waals surface area contributed by atoms with Crippen LogP contribution in [-0.2, 0) is 0 Å². The molecular formula is C84H52N4S. The first kappa shape index (κ1) is 49.7. The lowest BCUT2D eigenvalue weighted by Crippen LogP contribution is -1.98. The summed E-state index contributed by atoms with van der Waals surface area (Å²) in [6.45, 7) is 0. The molecule has 89 heavy (non-hydrogen) atoms. The van der Waals surface area contributed by atoms with Gasteiger partial charge in [-0.05, 0) is 178 Å². The lowest BCUT2D eigenvalue weighted by molar-refractivity contribution is 1.13. The monoisotopic (exact) mass is 1150 g/mol. The van der Waals surface area contributed by atoms with E-state index in [1.807, 2.05) is 11.3 Å². The van der Waals surface area contributed by atoms with Crippen LogP contribution < -0.4 is 0 Å². The SMILES string of the molecule is c1cc(-c2ccc3c(c2)c2ccccc2n3-c2cccc(-c3ccc4sc5ccccc5c4c3)c2)cc(-c2ccc3c(c2)c2ccccc2n3-c2cccc(-n3c4ccccc4c4cc(-c5cccc(-n6c7ccccc7c7ccccc76)c5)ccc43)c2)c1. The third kappa shape index (κ3) is 7.72. The molecule has 0 unspecified atom stereocenters. The zero-order valence-electron chi connectivity index (χ0n) is 48.2. The summed E-state index contributed by atoms with van der Waals surface area (Å²) in [5.41, 5.74) is 23.6. The Morgan fingerprint density at radius 1 is 0.157 bits per heavy atom. The molecule has 414 valence electrons. The summed E-state index contributed by atoms with van der Waals surface area (Å²) in [5, 5.41) is 12.5. The van der Waals surface area contributed by atoms with Gasteiger partial charge in [0.05, 0.1) is 44.1 Å². The normalized spacial score (nSPS) is 12.0. The number of nitrogens with zero attached hydrogens (tertiary/aromatic N) is 4. The minimum Gasteiger partial charge on any atom is -0.309 e. The Morgan fingerprint density at radius 3 is 0.843 bits per heavy atom. The first-order valence-electron chi connectivity index (χ1n) is 30.5. The van der Waals surface area contributed by atoms with E-state index in [9.17, 15) is 0 Å². The van der Waals surface area contributed by atoms with Crippen molar-refractivity contribution in [3.8, 4) is 67.3 Å². The second-order valence-electron chi connectivity index (χ2n) is 23.6. The lowest BCUT2D eigenvalue weighted by Gasteiger charge is -2.13. The van der Waals surface area contributed by atoms with Crippen LogP contribution in [0.25, 0.3) is 175 Å². The highest BCUT2D eigenvalue weighted by molar-refractivity contribution is 7.25. The van der Waals surface area contributed by atoms with Crippen LogP contribution in [0.2, 0.25) is 0 Å². The first-order valence-corrected chi connectivity index (χ1v) is 31.4. The number of benzene rings is 14. The molecule has 0 bridgehead atoms. The van der Waals surface area contributed by atoms with Crippen LogP contribution in [0.1, 0.15) is 0 Å². The fourth-order valence-electron chi connectivity index (χ4n) is 14.7. The highest BCUT2D eigenvalue weighted by Crippen LogP contribution is 2.43. The van der Waals surface area contributed by atoms with Gasteiger partial charge in [0, 0.05) is 86.0 Å². The maximum Gasteiger partial charge on any atom is 0.0541 e. The fraction of sp³-hybridized carbons (Fsp3) is 0. The number of para-hydroxylation sites is 5. The van der Waals surface area contributed by atoms with Crippen molar-refractivity contribution in [2.45, 2.75) is 0 Å². The standard InChI is InChI=1S/C84H52N4S/c1-7-31-75-65(25-1)66-26-2-8-32-76(66)85(75)61-21-14-19-55(46-61)59-39-43-82-73(50-59)69-29-5-11-35-79(69)88(82)64-24-16-23-63(52-64)87-78-34-10-4-28-68(78)72-49-58(38-42-81(72)87)54-18-13-17-53(45-54)57-37-41-80-71(48-57)67-27-3-9-33-77(67)86(80)62-22-15-20-56(47-62)60-40-44-84-74(51-60)70-30-6-12-36-83(70)89-84/h1-52H. The van der Waals surface area contributed by atoms with Crippen molar-refractivity contribution < 1.29 is 0 Å². The summed E-state index contributed by atoms with van der Waals surface area (Å²) in [6, 6.07) is 117. The van der Waals surface area contributed by atoms with Gasteiger partial charge in [-0.2, -0.15) is 0 Å². The average Bonchev–Trinajstić information content (AvgIpc) is 2.59. The van der Waals surface area contributed by atoms with E-state index in [4.69, 9.17) is 0 Å². The number of thiophene rings is 1. The molecule has 5 heterocycles. The van der Waals surface area contributed by atoms with Crippen LogP contribution in [0.4, 0.5) is 0 Å². The van der Waals surface area contributed by atoms with Crippen molar-refractivity contribution in [2.75, 3.05) is 0 Å². The molecule has 0 saturated heterocycles. The van der Waals surface area contributed by atoms with E-state index >= 15 is 0 Å². The molecule has 0 radical (unpaired) electrons. The van der Waals surface area contributed by atoms with Gasteiger partial charge in [0.15, 0.2) is 0 Å². The Kier molecular flexibility index (Phi) is 10.9. The Labute approximate surface area is 516 Å². The smallest absolute Gasteiger partial charge is 0.0541 e. The molecule has 4 nitrogen and oxygen atoms in total. The molecule has 0 atom stereocenters. The van der Waals surface area contributed by atoms with Gasteiger partial charge in [0.25, 0.3) is 0 Å². The van der Waals surface area contributed by atoms with E-state index in [0.717, 1.165) is 22.7 Å². The number of hydrogen-bond donors (Lipinski definition) is 0. The van der Waals surface area contributed by atoms with Crippen molar-refractivity contribution in [3.63, 3.8) is 0 Å². The Balaban J connectivity index is 0.665. The average molecular weight is 1150 g/mol. The maximum absolute atomic E-state index is 2.44. The summed E-state index contributed by atoms with van der Waals surface area (Å²) in [5.74, 6) is 0. The van der Waals surface area contributed by atoms with Crippen LogP contribution in [0.5, 0.6) is 0 Å². The van der Waals surface area contributed by atoms with Crippen molar-refractivity contribution in [1.29, 1.82) is 0 Å². The van der Waals surface area contributed by atoms with E-state index in [1.165, 1.54) is 152 Å². The van der Waals surface area contributed by atoms with E-state index in [-0.39, 0.29) is 0 Å². The topological polar surface area (TPSA) is 19.7 Å². The van der Waals surface area contributed by atoms with Gasteiger partial charge >= 0.3 is 0 Å². The van der Waals surface area contributed by atoms with Gasteiger partial charge in [-0.1, -0.05) is 182 Å². The zero-order chi connectivity index (χ0) is 58.3. The fourth-order valence-corrected chi connectivity index (χ4v) is 15.8. The van der Waals surface area contributed by atoms with E-state index in [2.05, 4.69) is 334 Å². The summed E-state index contributed by atoms with van der Waals surface area (Å²) < 4.78 is 12.4. The molecule has 0 N–H and O–H groups in total. The largest absolute Gasteiger partial charge is 0.309 e. The minimum absolute atomic E-state index is 1.11. The Bertz CT molecular complexity index is 6080.